The Morgan fingerprint density at radius 1 is 1.48 bits per heavy atom. The quantitative estimate of drug-likeness (QED) is 0.668. The average Bonchev–Trinajstić information content (AvgIpc) is 2.75. The molecule has 2 heterocycles. The molecule has 1 amide bonds. The number of anilines is 1. The molecule has 2 aromatic heterocycles. The molecule has 4 N–H and O–H groups in total. The average molecular weight is 322 g/mol. The molecule has 0 aromatic carbocycles. The van der Waals surface area contributed by atoms with E-state index in [4.69, 9.17) is 11.5 Å². The number of aromatic nitrogens is 2. The molecule has 0 saturated heterocycles. The minimum absolute atomic E-state index is 0.364. The Labute approximate surface area is 131 Å². The van der Waals surface area contributed by atoms with E-state index < -0.39 is 0 Å². The van der Waals surface area contributed by atoms with Gasteiger partial charge in [-0.25, -0.2) is 9.97 Å². The first-order valence-electron chi connectivity index (χ1n) is 6.99. The van der Waals surface area contributed by atoms with Gasteiger partial charge in [-0.1, -0.05) is 18.7 Å². The van der Waals surface area contributed by atoms with Gasteiger partial charge in [0.15, 0.2) is 5.16 Å². The van der Waals surface area contributed by atoms with Crippen molar-refractivity contribution < 1.29 is 4.79 Å². The molecule has 2 unspecified atom stereocenters. The van der Waals surface area contributed by atoms with Crippen LogP contribution in [0.2, 0.25) is 0 Å². The first-order chi connectivity index (χ1) is 9.95. The lowest BCUT2D eigenvalue weighted by Crippen LogP contribution is -2.22. The number of amides is 1. The van der Waals surface area contributed by atoms with Crippen LogP contribution in [0, 0.1) is 5.92 Å². The van der Waals surface area contributed by atoms with Crippen molar-refractivity contribution in [1.29, 1.82) is 0 Å². The third-order valence-corrected chi connectivity index (χ3v) is 5.97. The van der Waals surface area contributed by atoms with Gasteiger partial charge >= 0.3 is 0 Å². The van der Waals surface area contributed by atoms with E-state index in [0.717, 1.165) is 23.1 Å². The van der Waals surface area contributed by atoms with Crippen LogP contribution < -0.4 is 11.5 Å². The molecule has 112 valence electrons. The van der Waals surface area contributed by atoms with E-state index in [0.29, 0.717) is 16.9 Å². The zero-order chi connectivity index (χ0) is 15.1. The fourth-order valence-corrected chi connectivity index (χ4v) is 4.79. The number of primary amides is 1. The Hall–Kier alpha value is -1.34. The van der Waals surface area contributed by atoms with Gasteiger partial charge < -0.3 is 11.5 Å². The second kappa shape index (κ2) is 5.46. The van der Waals surface area contributed by atoms with Crippen LogP contribution in [0.3, 0.4) is 0 Å². The van der Waals surface area contributed by atoms with Gasteiger partial charge in [-0.3, -0.25) is 4.79 Å². The molecule has 0 spiro atoms. The van der Waals surface area contributed by atoms with Crippen LogP contribution in [0.1, 0.15) is 30.7 Å². The maximum atomic E-state index is 11.2. The lowest BCUT2D eigenvalue weighted by Gasteiger charge is -2.17. The predicted molar refractivity (Wildman–Crippen MR) is 87.5 cm³/mol. The summed E-state index contributed by atoms with van der Waals surface area (Å²) in [5, 5.41) is 1.17. The molecule has 21 heavy (non-hydrogen) atoms. The smallest absolute Gasteiger partial charge is 0.230 e. The van der Waals surface area contributed by atoms with E-state index in [9.17, 15) is 4.79 Å². The highest BCUT2D eigenvalue weighted by Gasteiger charge is 2.23. The number of hydrogen-bond donors (Lipinski definition) is 2. The number of carbonyl (C=O) groups is 1. The van der Waals surface area contributed by atoms with E-state index in [1.807, 2.05) is 0 Å². The van der Waals surface area contributed by atoms with E-state index in [1.54, 1.807) is 18.3 Å². The van der Waals surface area contributed by atoms with Gasteiger partial charge in [0.05, 0.1) is 10.6 Å². The van der Waals surface area contributed by atoms with Gasteiger partial charge in [-0.15, -0.1) is 11.3 Å². The fraction of sp³-hybridized carbons (Fsp3) is 0.500. The lowest BCUT2D eigenvalue weighted by atomic mass is 9.89. The molecule has 0 bridgehead atoms. The Balaban J connectivity index is 2.03. The van der Waals surface area contributed by atoms with Crippen LogP contribution in [0.15, 0.2) is 5.16 Å². The first-order valence-corrected chi connectivity index (χ1v) is 8.69. The molecule has 0 radical (unpaired) electrons. The van der Waals surface area contributed by atoms with E-state index in [-0.39, 0.29) is 11.2 Å². The number of hydrogen-bond acceptors (Lipinski definition) is 6. The van der Waals surface area contributed by atoms with Crippen molar-refractivity contribution in [2.24, 2.45) is 11.7 Å². The van der Waals surface area contributed by atoms with Crippen LogP contribution in [-0.2, 0) is 17.6 Å². The second-order valence-electron chi connectivity index (χ2n) is 5.59. The van der Waals surface area contributed by atoms with Crippen molar-refractivity contribution in [3.8, 4) is 0 Å². The molecule has 2 atom stereocenters. The largest absolute Gasteiger partial charge is 0.383 e. The van der Waals surface area contributed by atoms with E-state index >= 15 is 0 Å². The molecule has 0 saturated carbocycles. The lowest BCUT2D eigenvalue weighted by molar-refractivity contribution is -0.117. The summed E-state index contributed by atoms with van der Waals surface area (Å²) >= 11 is 2.96. The summed E-state index contributed by atoms with van der Waals surface area (Å²) in [4.78, 5) is 22.4. The summed E-state index contributed by atoms with van der Waals surface area (Å²) in [6, 6.07) is 0. The molecule has 0 fully saturated rings. The van der Waals surface area contributed by atoms with Gasteiger partial charge in [-0.2, -0.15) is 0 Å². The summed E-state index contributed by atoms with van der Waals surface area (Å²) in [5.74, 6) is 0.858. The summed E-state index contributed by atoms with van der Waals surface area (Å²) in [6.07, 6.45) is 3.33. The summed E-state index contributed by atoms with van der Waals surface area (Å²) < 4.78 is 0. The maximum Gasteiger partial charge on any atom is 0.230 e. The van der Waals surface area contributed by atoms with Crippen molar-refractivity contribution in [2.45, 2.75) is 43.5 Å². The SMILES string of the molecule is CC1CCc2c(sc3nc(SC(C)C(N)=O)nc(N)c23)C1. The van der Waals surface area contributed by atoms with Crippen molar-refractivity contribution in [3.63, 3.8) is 0 Å². The highest BCUT2D eigenvalue weighted by atomic mass is 32.2. The molecule has 3 rings (SSSR count). The summed E-state index contributed by atoms with van der Waals surface area (Å²) in [6.45, 7) is 4.02. The van der Waals surface area contributed by atoms with Gasteiger partial charge in [0.1, 0.15) is 10.6 Å². The Morgan fingerprint density at radius 2 is 2.24 bits per heavy atom. The highest BCUT2D eigenvalue weighted by Crippen LogP contribution is 2.40. The molecule has 7 heteroatoms. The number of aryl methyl sites for hydroxylation is 1. The van der Waals surface area contributed by atoms with Gasteiger partial charge in [-0.05, 0) is 37.7 Å². The molecule has 1 aliphatic rings. The topological polar surface area (TPSA) is 94.9 Å². The standard InChI is InChI=1S/C14H18N4OS2/c1-6-3-4-8-9(5-6)21-13-10(8)11(15)17-14(18-13)20-7(2)12(16)19/h6-7H,3-5H2,1-2H3,(H2,16,19)(H2,15,17,18). The van der Waals surface area contributed by atoms with Gasteiger partial charge in [0, 0.05) is 4.88 Å². The zero-order valence-electron chi connectivity index (χ0n) is 12.0. The molecule has 1 aliphatic carbocycles. The maximum absolute atomic E-state index is 11.2. The minimum Gasteiger partial charge on any atom is -0.383 e. The van der Waals surface area contributed by atoms with Crippen molar-refractivity contribution >= 4 is 45.0 Å². The van der Waals surface area contributed by atoms with Crippen LogP contribution in [-0.4, -0.2) is 21.1 Å². The monoisotopic (exact) mass is 322 g/mol. The van der Waals surface area contributed by atoms with Crippen LogP contribution in [0.5, 0.6) is 0 Å². The number of nitrogen functional groups attached to an aromatic ring is 1. The number of rotatable bonds is 3. The molecular formula is C14H18N4OS2. The minimum atomic E-state index is -0.374. The van der Waals surface area contributed by atoms with Crippen molar-refractivity contribution in [2.75, 3.05) is 5.73 Å². The molecule has 2 aromatic rings. The Morgan fingerprint density at radius 3 is 2.95 bits per heavy atom. The molecule has 0 aliphatic heterocycles. The highest BCUT2D eigenvalue weighted by molar-refractivity contribution is 8.00. The Kier molecular flexibility index (Phi) is 3.79. The molecular weight excluding hydrogens is 304 g/mol. The number of thioether (sulfide) groups is 1. The van der Waals surface area contributed by atoms with Gasteiger partial charge in [0.25, 0.3) is 0 Å². The van der Waals surface area contributed by atoms with Gasteiger partial charge in [0.2, 0.25) is 5.91 Å². The molecule has 5 nitrogen and oxygen atoms in total. The number of nitrogens with two attached hydrogens (primary N) is 2. The normalized spacial score (nSPS) is 19.4. The third kappa shape index (κ3) is 2.72. The second-order valence-corrected chi connectivity index (χ2v) is 7.98. The van der Waals surface area contributed by atoms with Crippen LogP contribution >= 0.6 is 23.1 Å². The van der Waals surface area contributed by atoms with Crippen molar-refractivity contribution in [3.05, 3.63) is 10.4 Å². The first kappa shape index (κ1) is 14.6. The van der Waals surface area contributed by atoms with Crippen molar-refractivity contribution in [1.82, 2.24) is 9.97 Å². The summed E-state index contributed by atoms with van der Waals surface area (Å²) in [5.41, 5.74) is 12.7. The van der Waals surface area contributed by atoms with Crippen LogP contribution in [0.25, 0.3) is 10.2 Å². The van der Waals surface area contributed by atoms with Crippen LogP contribution in [0.4, 0.5) is 5.82 Å². The predicted octanol–water partition coefficient (Wildman–Crippen LogP) is 2.36. The van der Waals surface area contributed by atoms with E-state index in [1.165, 1.54) is 28.6 Å². The summed E-state index contributed by atoms with van der Waals surface area (Å²) in [7, 11) is 0. The van der Waals surface area contributed by atoms with E-state index in [2.05, 4.69) is 16.9 Å². The zero-order valence-corrected chi connectivity index (χ0v) is 13.7. The third-order valence-electron chi connectivity index (χ3n) is 3.85. The number of thiophene rings is 1. The number of carbonyl (C=O) groups excluding carboxylic acids is 1. The Bertz CT molecular complexity index is 713. The number of nitrogens with zero attached hydrogens (tertiary/aromatic N) is 2. The fourth-order valence-electron chi connectivity index (χ4n) is 2.62. The number of fused-ring (bicyclic) bond motifs is 3.